The predicted molar refractivity (Wildman–Crippen MR) is 86.0 cm³/mol. The van der Waals surface area contributed by atoms with E-state index in [0.29, 0.717) is 10.0 Å². The summed E-state index contributed by atoms with van der Waals surface area (Å²) < 4.78 is 3.34. The monoisotopic (exact) mass is 318 g/mol. The molecule has 4 rings (SSSR count). The molecule has 2 aromatic carbocycles. The number of aromatic nitrogens is 2. The minimum Gasteiger partial charge on any atom is -0.290 e. The van der Waals surface area contributed by atoms with Crippen molar-refractivity contribution in [1.29, 1.82) is 0 Å². The van der Waals surface area contributed by atoms with Gasteiger partial charge in [-0.2, -0.15) is 0 Å². The Bertz CT molecular complexity index is 940. The Morgan fingerprint density at radius 3 is 2.70 bits per heavy atom. The lowest BCUT2D eigenvalue weighted by Gasteiger charge is -1.99. The first-order valence-corrected chi connectivity index (χ1v) is 7.62. The van der Waals surface area contributed by atoms with Crippen LogP contribution in [-0.4, -0.2) is 9.38 Å². The van der Waals surface area contributed by atoms with Crippen LogP contribution in [0.3, 0.4) is 0 Å². The van der Waals surface area contributed by atoms with Crippen molar-refractivity contribution in [3.05, 3.63) is 58.7 Å². The molecule has 0 saturated carbocycles. The van der Waals surface area contributed by atoms with Crippen LogP contribution in [0.25, 0.3) is 26.4 Å². The fourth-order valence-corrected chi connectivity index (χ4v) is 3.55. The zero-order valence-corrected chi connectivity index (χ0v) is 12.5. The summed E-state index contributed by atoms with van der Waals surface area (Å²) in [5.74, 6) is 0. The van der Waals surface area contributed by atoms with Crippen molar-refractivity contribution < 1.29 is 0 Å². The van der Waals surface area contributed by atoms with E-state index in [1.807, 2.05) is 30.5 Å². The van der Waals surface area contributed by atoms with Crippen LogP contribution in [0.2, 0.25) is 10.0 Å². The second kappa shape index (κ2) is 4.48. The Morgan fingerprint density at radius 2 is 1.85 bits per heavy atom. The zero-order valence-electron chi connectivity index (χ0n) is 10.2. The maximum atomic E-state index is 6.07. The van der Waals surface area contributed by atoms with Crippen LogP contribution in [0.5, 0.6) is 0 Å². The smallest absolute Gasteiger partial charge is 0.195 e. The Kier molecular flexibility index (Phi) is 2.74. The van der Waals surface area contributed by atoms with Gasteiger partial charge < -0.3 is 0 Å². The van der Waals surface area contributed by atoms with Gasteiger partial charge in [0.15, 0.2) is 4.96 Å². The summed E-state index contributed by atoms with van der Waals surface area (Å²) in [5, 5.41) is 1.10. The standard InChI is InChI=1S/C15H8Cl2N2S/c16-10-6-5-9(7-11(10)17)12-8-19-13-3-1-2-4-14(13)20-15(19)18-12/h1-8H. The second-order valence-electron chi connectivity index (χ2n) is 4.48. The van der Waals surface area contributed by atoms with Gasteiger partial charge in [-0.05, 0) is 24.3 Å². The highest BCUT2D eigenvalue weighted by atomic mass is 35.5. The minimum absolute atomic E-state index is 0.547. The quantitative estimate of drug-likeness (QED) is 0.451. The summed E-state index contributed by atoms with van der Waals surface area (Å²) in [6.07, 6.45) is 2.04. The molecule has 2 nitrogen and oxygen atoms in total. The van der Waals surface area contributed by atoms with Crippen LogP contribution in [0.4, 0.5) is 0 Å². The van der Waals surface area contributed by atoms with Crippen LogP contribution in [0.15, 0.2) is 48.7 Å². The van der Waals surface area contributed by atoms with E-state index in [1.54, 1.807) is 17.4 Å². The molecule has 0 saturated heterocycles. The van der Waals surface area contributed by atoms with Crippen molar-refractivity contribution in [2.45, 2.75) is 0 Å². The topological polar surface area (TPSA) is 17.3 Å². The largest absolute Gasteiger partial charge is 0.290 e. The van der Waals surface area contributed by atoms with Gasteiger partial charge in [0, 0.05) is 11.8 Å². The number of para-hydroxylation sites is 1. The molecule has 98 valence electrons. The summed E-state index contributed by atoms with van der Waals surface area (Å²) >= 11 is 13.7. The van der Waals surface area contributed by atoms with Crippen molar-refractivity contribution in [2.24, 2.45) is 0 Å². The maximum Gasteiger partial charge on any atom is 0.195 e. The molecule has 0 spiro atoms. The molecule has 0 aliphatic heterocycles. The summed E-state index contributed by atoms with van der Waals surface area (Å²) in [6.45, 7) is 0. The van der Waals surface area contributed by atoms with E-state index in [4.69, 9.17) is 23.2 Å². The van der Waals surface area contributed by atoms with Crippen molar-refractivity contribution in [3.63, 3.8) is 0 Å². The van der Waals surface area contributed by atoms with Gasteiger partial charge in [-0.25, -0.2) is 4.98 Å². The fraction of sp³-hybridized carbons (Fsp3) is 0. The number of fused-ring (bicyclic) bond motifs is 3. The SMILES string of the molecule is Clc1ccc(-c2cn3c(n2)sc2ccccc23)cc1Cl. The average molecular weight is 319 g/mol. The number of benzene rings is 2. The molecule has 4 aromatic rings. The lowest BCUT2D eigenvalue weighted by Crippen LogP contribution is -1.78. The number of hydrogen-bond donors (Lipinski definition) is 0. The minimum atomic E-state index is 0.547. The van der Waals surface area contributed by atoms with Crippen molar-refractivity contribution in [2.75, 3.05) is 0 Å². The average Bonchev–Trinajstić information content (AvgIpc) is 2.99. The summed E-state index contributed by atoms with van der Waals surface area (Å²) in [6, 6.07) is 13.9. The van der Waals surface area contributed by atoms with Crippen LogP contribution in [0.1, 0.15) is 0 Å². The lowest BCUT2D eigenvalue weighted by molar-refractivity contribution is 1.30. The molecule has 5 heteroatoms. The van der Waals surface area contributed by atoms with Gasteiger partial charge >= 0.3 is 0 Å². The van der Waals surface area contributed by atoms with Gasteiger partial charge in [0.25, 0.3) is 0 Å². The molecule has 0 bridgehead atoms. The van der Waals surface area contributed by atoms with E-state index in [-0.39, 0.29) is 0 Å². The normalized spacial score (nSPS) is 11.5. The molecule has 20 heavy (non-hydrogen) atoms. The van der Waals surface area contributed by atoms with E-state index < -0.39 is 0 Å². The Morgan fingerprint density at radius 1 is 1.00 bits per heavy atom. The van der Waals surface area contributed by atoms with Gasteiger partial charge in [-0.1, -0.05) is 52.7 Å². The van der Waals surface area contributed by atoms with Crippen molar-refractivity contribution >= 4 is 49.7 Å². The zero-order chi connectivity index (χ0) is 13.7. The molecular formula is C15H8Cl2N2S. The molecule has 0 unspecified atom stereocenters. The third kappa shape index (κ3) is 1.82. The second-order valence-corrected chi connectivity index (χ2v) is 6.30. The molecule has 0 aliphatic carbocycles. The number of rotatable bonds is 1. The number of hydrogen-bond acceptors (Lipinski definition) is 2. The summed E-state index contributed by atoms with van der Waals surface area (Å²) in [5.41, 5.74) is 3.05. The van der Waals surface area contributed by atoms with Gasteiger partial charge in [-0.15, -0.1) is 0 Å². The molecule has 0 radical (unpaired) electrons. The number of halogens is 2. The molecule has 2 aromatic heterocycles. The highest BCUT2D eigenvalue weighted by Crippen LogP contribution is 2.31. The van der Waals surface area contributed by atoms with Gasteiger partial charge in [-0.3, -0.25) is 4.40 Å². The van der Waals surface area contributed by atoms with E-state index in [1.165, 1.54) is 10.2 Å². The summed E-state index contributed by atoms with van der Waals surface area (Å²) in [7, 11) is 0. The van der Waals surface area contributed by atoms with Crippen molar-refractivity contribution in [1.82, 2.24) is 9.38 Å². The van der Waals surface area contributed by atoms with Crippen LogP contribution < -0.4 is 0 Å². The molecule has 0 atom stereocenters. The highest BCUT2D eigenvalue weighted by molar-refractivity contribution is 7.23. The third-order valence-corrected chi connectivity index (χ3v) is 4.99. The molecule has 0 N–H and O–H groups in total. The van der Waals surface area contributed by atoms with Crippen LogP contribution in [0, 0.1) is 0 Å². The van der Waals surface area contributed by atoms with Crippen LogP contribution in [-0.2, 0) is 0 Å². The molecular weight excluding hydrogens is 311 g/mol. The molecule has 0 aliphatic rings. The van der Waals surface area contributed by atoms with Crippen molar-refractivity contribution in [3.8, 4) is 11.3 Å². The maximum absolute atomic E-state index is 6.07. The number of thiazole rings is 1. The van der Waals surface area contributed by atoms with E-state index in [2.05, 4.69) is 21.5 Å². The van der Waals surface area contributed by atoms with Crippen LogP contribution >= 0.6 is 34.5 Å². The third-order valence-electron chi connectivity index (χ3n) is 3.21. The Balaban J connectivity index is 1.94. The number of imidazole rings is 1. The first-order chi connectivity index (χ1) is 9.72. The first-order valence-electron chi connectivity index (χ1n) is 6.04. The molecule has 0 fully saturated rings. The Labute approximate surface area is 129 Å². The number of nitrogens with zero attached hydrogens (tertiary/aromatic N) is 2. The predicted octanol–water partition coefficient (Wildman–Crippen LogP) is 5.52. The summed E-state index contributed by atoms with van der Waals surface area (Å²) in [4.78, 5) is 5.65. The molecule has 2 heterocycles. The first kappa shape index (κ1) is 12.2. The van der Waals surface area contributed by atoms with E-state index in [0.717, 1.165) is 16.2 Å². The Hall–Kier alpha value is -1.55. The molecule has 0 amide bonds. The van der Waals surface area contributed by atoms with Gasteiger partial charge in [0.1, 0.15) is 0 Å². The van der Waals surface area contributed by atoms with E-state index >= 15 is 0 Å². The highest BCUT2D eigenvalue weighted by Gasteiger charge is 2.10. The van der Waals surface area contributed by atoms with Gasteiger partial charge in [0.05, 0.1) is 26.0 Å². The lowest BCUT2D eigenvalue weighted by atomic mass is 10.2. The van der Waals surface area contributed by atoms with Gasteiger partial charge in [0.2, 0.25) is 0 Å². The van der Waals surface area contributed by atoms with E-state index in [9.17, 15) is 0 Å². The fourth-order valence-electron chi connectivity index (χ4n) is 2.24.